The molecule has 0 spiro atoms. The molecule has 0 aromatic rings. The van der Waals surface area contributed by atoms with E-state index in [0.29, 0.717) is 49.0 Å². The van der Waals surface area contributed by atoms with Crippen molar-refractivity contribution in [2.45, 2.75) is 118 Å². The van der Waals surface area contributed by atoms with Gasteiger partial charge in [-0.15, -0.1) is 23.2 Å². The number of carbonyl (C=O) groups excluding carboxylic acids is 1. The molecule has 7 atom stereocenters. The van der Waals surface area contributed by atoms with Crippen LogP contribution in [0.25, 0.3) is 0 Å². The van der Waals surface area contributed by atoms with E-state index < -0.39 is 6.17 Å². The Morgan fingerprint density at radius 2 is 1.76 bits per heavy atom. The Morgan fingerprint density at radius 3 is 2.50 bits per heavy atom. The van der Waals surface area contributed by atoms with E-state index in [1.807, 2.05) is 0 Å². The van der Waals surface area contributed by atoms with Crippen LogP contribution >= 0.6 is 23.2 Å². The quantitative estimate of drug-likeness (QED) is 0.252. The van der Waals surface area contributed by atoms with Crippen LogP contribution in [0.1, 0.15) is 77.0 Å². The van der Waals surface area contributed by atoms with Gasteiger partial charge in [0.05, 0.1) is 6.10 Å². The zero-order chi connectivity index (χ0) is 24.1. The molecule has 3 saturated carbocycles. The van der Waals surface area contributed by atoms with E-state index in [-0.39, 0.29) is 35.5 Å². The van der Waals surface area contributed by atoms with Crippen LogP contribution in [-0.4, -0.2) is 60.3 Å². The molecular formula is C24H40Cl2FN5O2. The van der Waals surface area contributed by atoms with Crippen molar-refractivity contribution >= 4 is 35.1 Å². The fourth-order valence-electron chi connectivity index (χ4n) is 6.01. The van der Waals surface area contributed by atoms with E-state index in [1.165, 1.54) is 0 Å². The van der Waals surface area contributed by atoms with Gasteiger partial charge in [-0.25, -0.2) is 14.8 Å². The Morgan fingerprint density at radius 1 is 0.971 bits per heavy atom. The Kier molecular flexibility index (Phi) is 9.73. The van der Waals surface area contributed by atoms with Crippen molar-refractivity contribution < 1.29 is 13.9 Å². The number of halogens is 3. The maximum absolute atomic E-state index is 14.2. The van der Waals surface area contributed by atoms with E-state index in [2.05, 4.69) is 21.5 Å². The van der Waals surface area contributed by atoms with Crippen molar-refractivity contribution in [1.29, 1.82) is 0 Å². The molecule has 0 aromatic heterocycles. The topological polar surface area (TPSA) is 86.8 Å². The third-order valence-corrected chi connectivity index (χ3v) is 8.77. The first-order chi connectivity index (χ1) is 16.4. The SMILES string of the molecule is COC1CCCC(C(=O)N/C(=N\C2CC(C3CCC(Cl)CC3)NN2)NC2CC(F)CC(Cl)C2)C1. The summed E-state index contributed by atoms with van der Waals surface area (Å²) in [6.45, 7) is 0. The standard InChI is InChI=1S/C24H40Cl2FN5O2/c1-34-20-4-2-3-15(9-20)23(33)30-24(28-19-11-17(26)10-18(27)12-19)29-22-13-21(31-32-22)14-5-7-16(25)8-6-14/h14-22,31-32H,2-13H2,1H3,(H2,28,29,30,33). The summed E-state index contributed by atoms with van der Waals surface area (Å²) in [6, 6.07) is 0.167. The molecule has 3 aliphatic carbocycles. The largest absolute Gasteiger partial charge is 0.381 e. The number of ether oxygens (including phenoxy) is 1. The molecule has 0 radical (unpaired) electrons. The smallest absolute Gasteiger partial charge is 0.229 e. The van der Waals surface area contributed by atoms with E-state index >= 15 is 0 Å². The van der Waals surface area contributed by atoms with Crippen LogP contribution in [0, 0.1) is 11.8 Å². The maximum atomic E-state index is 14.2. The number of alkyl halides is 3. The van der Waals surface area contributed by atoms with Crippen LogP contribution in [-0.2, 0) is 9.53 Å². The molecule has 1 saturated heterocycles. The number of aliphatic imine (C=N–C) groups is 1. The molecule has 10 heteroatoms. The number of hydrazine groups is 1. The maximum Gasteiger partial charge on any atom is 0.229 e. The van der Waals surface area contributed by atoms with Crippen LogP contribution in [0.2, 0.25) is 0 Å². The highest BCUT2D eigenvalue weighted by atomic mass is 35.5. The number of nitrogens with zero attached hydrogens (tertiary/aromatic N) is 1. The number of methoxy groups -OCH3 is 1. The van der Waals surface area contributed by atoms with Gasteiger partial charge >= 0.3 is 0 Å². The summed E-state index contributed by atoms with van der Waals surface area (Å²) >= 11 is 12.6. The number of hydrogen-bond donors (Lipinski definition) is 4. The van der Waals surface area contributed by atoms with Crippen molar-refractivity contribution in [2.75, 3.05) is 7.11 Å². The average molecular weight is 521 g/mol. The molecule has 4 aliphatic rings. The molecule has 0 bridgehead atoms. The average Bonchev–Trinajstić information content (AvgIpc) is 3.27. The van der Waals surface area contributed by atoms with Crippen LogP contribution in [0.5, 0.6) is 0 Å². The summed E-state index contributed by atoms with van der Waals surface area (Å²) in [7, 11) is 1.70. The molecule has 1 aliphatic heterocycles. The summed E-state index contributed by atoms with van der Waals surface area (Å²) in [5, 5.41) is 6.42. The summed E-state index contributed by atoms with van der Waals surface area (Å²) in [5.74, 6) is 0.826. The predicted molar refractivity (Wildman–Crippen MR) is 134 cm³/mol. The number of rotatable bonds is 5. The molecule has 1 amide bonds. The number of amides is 1. The van der Waals surface area contributed by atoms with Crippen molar-refractivity contribution in [2.24, 2.45) is 16.8 Å². The summed E-state index contributed by atoms with van der Waals surface area (Å²) in [6.07, 6.45) is 9.07. The number of nitrogens with one attached hydrogen (secondary N) is 4. The fraction of sp³-hybridized carbons (Fsp3) is 0.917. The second-order valence-corrected chi connectivity index (χ2v) is 11.8. The lowest BCUT2D eigenvalue weighted by Crippen LogP contribution is -2.51. The monoisotopic (exact) mass is 519 g/mol. The van der Waals surface area contributed by atoms with Gasteiger partial charge in [-0.2, -0.15) is 0 Å². The zero-order valence-corrected chi connectivity index (χ0v) is 21.6. The minimum Gasteiger partial charge on any atom is -0.381 e. The molecule has 7 nitrogen and oxygen atoms in total. The van der Waals surface area contributed by atoms with E-state index in [1.54, 1.807) is 7.11 Å². The third-order valence-electron chi connectivity index (χ3n) is 7.97. The first kappa shape index (κ1) is 26.4. The second-order valence-electron chi connectivity index (χ2n) is 10.6. The van der Waals surface area contributed by atoms with E-state index in [9.17, 15) is 9.18 Å². The molecule has 1 heterocycles. The van der Waals surface area contributed by atoms with Crippen molar-refractivity contribution in [3.05, 3.63) is 0 Å². The molecule has 0 aromatic carbocycles. The van der Waals surface area contributed by atoms with Crippen LogP contribution in [0.4, 0.5) is 4.39 Å². The van der Waals surface area contributed by atoms with Gasteiger partial charge in [-0.05, 0) is 70.1 Å². The highest BCUT2D eigenvalue weighted by molar-refractivity contribution is 6.20. The lowest BCUT2D eigenvalue weighted by molar-refractivity contribution is -0.126. The molecule has 4 rings (SSSR count). The van der Waals surface area contributed by atoms with Gasteiger partial charge in [0.15, 0.2) is 5.96 Å². The summed E-state index contributed by atoms with van der Waals surface area (Å²) in [5.41, 5.74) is 6.69. The van der Waals surface area contributed by atoms with Crippen LogP contribution in [0.15, 0.2) is 4.99 Å². The molecule has 7 unspecified atom stereocenters. The lowest BCUT2D eigenvalue weighted by Gasteiger charge is -2.31. The Balaban J connectivity index is 1.40. The fourth-order valence-corrected chi connectivity index (χ4v) is 6.67. The number of guanidine groups is 1. The van der Waals surface area contributed by atoms with Crippen molar-refractivity contribution in [3.8, 4) is 0 Å². The zero-order valence-electron chi connectivity index (χ0n) is 20.1. The normalized spacial score (nSPS) is 41.8. The highest BCUT2D eigenvalue weighted by Crippen LogP contribution is 2.32. The summed E-state index contributed by atoms with van der Waals surface area (Å²) in [4.78, 5) is 18.0. The van der Waals surface area contributed by atoms with E-state index in [0.717, 1.165) is 51.4 Å². The van der Waals surface area contributed by atoms with Crippen molar-refractivity contribution in [1.82, 2.24) is 21.5 Å². The first-order valence-corrected chi connectivity index (χ1v) is 13.9. The van der Waals surface area contributed by atoms with Gasteiger partial charge in [-0.1, -0.05) is 6.42 Å². The molecule has 4 fully saturated rings. The van der Waals surface area contributed by atoms with Crippen LogP contribution in [0.3, 0.4) is 0 Å². The van der Waals surface area contributed by atoms with Gasteiger partial charge in [-0.3, -0.25) is 15.5 Å². The van der Waals surface area contributed by atoms with Gasteiger partial charge in [0.25, 0.3) is 0 Å². The lowest BCUT2D eigenvalue weighted by atomic mass is 9.83. The minimum atomic E-state index is -0.945. The third kappa shape index (κ3) is 7.42. The molecular weight excluding hydrogens is 480 g/mol. The molecule has 4 N–H and O–H groups in total. The first-order valence-electron chi connectivity index (χ1n) is 13.0. The minimum absolute atomic E-state index is 0.0500. The number of carbonyl (C=O) groups is 1. The van der Waals surface area contributed by atoms with Gasteiger partial charge < -0.3 is 10.1 Å². The Bertz CT molecular complexity index is 699. The highest BCUT2D eigenvalue weighted by Gasteiger charge is 2.34. The van der Waals surface area contributed by atoms with E-state index in [4.69, 9.17) is 32.9 Å². The molecule has 34 heavy (non-hydrogen) atoms. The van der Waals surface area contributed by atoms with Crippen LogP contribution < -0.4 is 21.5 Å². The predicted octanol–water partition coefficient (Wildman–Crippen LogP) is 3.74. The van der Waals surface area contributed by atoms with Gasteiger partial charge in [0.2, 0.25) is 5.91 Å². The van der Waals surface area contributed by atoms with Gasteiger partial charge in [0, 0.05) is 42.3 Å². The second kappa shape index (κ2) is 12.5. The Hall–Kier alpha value is -0.670. The molecule has 194 valence electrons. The number of hydrogen-bond acceptors (Lipinski definition) is 5. The summed E-state index contributed by atoms with van der Waals surface area (Å²) < 4.78 is 19.7. The van der Waals surface area contributed by atoms with Crippen molar-refractivity contribution in [3.63, 3.8) is 0 Å². The van der Waals surface area contributed by atoms with Gasteiger partial charge in [0.1, 0.15) is 12.3 Å². The Labute approximate surface area is 212 Å².